The fraction of sp³-hybridized carbons (Fsp3) is 0.533. The fourth-order valence-electron chi connectivity index (χ4n) is 2.31. The second-order valence-corrected chi connectivity index (χ2v) is 5.17. The minimum atomic E-state index is -1.21. The highest BCUT2D eigenvalue weighted by Crippen LogP contribution is 2.20. The molecule has 0 aliphatic carbocycles. The molecule has 0 amide bonds. The largest absolute Gasteiger partial charge is 0.503 e. The first-order valence-corrected chi connectivity index (χ1v) is 7.41. The lowest BCUT2D eigenvalue weighted by molar-refractivity contribution is -0.142. The van der Waals surface area contributed by atoms with Crippen molar-refractivity contribution in [2.75, 3.05) is 13.1 Å². The van der Waals surface area contributed by atoms with Gasteiger partial charge in [0.2, 0.25) is 5.43 Å². The zero-order valence-corrected chi connectivity index (χ0v) is 13.2. The van der Waals surface area contributed by atoms with Gasteiger partial charge in [-0.15, -0.1) is 0 Å². The van der Waals surface area contributed by atoms with Gasteiger partial charge in [0.05, 0.1) is 6.20 Å². The van der Waals surface area contributed by atoms with Crippen molar-refractivity contribution < 1.29 is 24.9 Å². The first-order chi connectivity index (χ1) is 10.8. The normalized spacial score (nSPS) is 12.3. The van der Waals surface area contributed by atoms with Crippen molar-refractivity contribution in [3.8, 4) is 5.75 Å². The predicted octanol–water partition coefficient (Wildman–Crippen LogP) is 0.886. The van der Waals surface area contributed by atoms with E-state index in [4.69, 9.17) is 5.11 Å². The van der Waals surface area contributed by atoms with Gasteiger partial charge < -0.3 is 19.9 Å². The maximum Gasteiger partial charge on any atom is 0.326 e. The molecule has 1 unspecified atom stereocenters. The van der Waals surface area contributed by atoms with Crippen LogP contribution in [0.25, 0.3) is 0 Å². The van der Waals surface area contributed by atoms with Gasteiger partial charge in [-0.1, -0.05) is 13.8 Å². The van der Waals surface area contributed by atoms with Crippen LogP contribution in [0.4, 0.5) is 0 Å². The summed E-state index contributed by atoms with van der Waals surface area (Å²) in [6.07, 6.45) is 0.606. The van der Waals surface area contributed by atoms with E-state index in [0.29, 0.717) is 25.3 Å². The summed E-state index contributed by atoms with van der Waals surface area (Å²) in [4.78, 5) is 35.9. The zero-order valence-electron chi connectivity index (χ0n) is 13.2. The van der Waals surface area contributed by atoms with Crippen molar-refractivity contribution in [2.24, 2.45) is 0 Å². The molecule has 1 atom stereocenters. The highest BCUT2D eigenvalue weighted by molar-refractivity contribution is 5.74. The molecule has 0 spiro atoms. The lowest BCUT2D eigenvalue weighted by Crippen LogP contribution is -2.29. The Morgan fingerprint density at radius 3 is 2.35 bits per heavy atom. The smallest absolute Gasteiger partial charge is 0.326 e. The van der Waals surface area contributed by atoms with Crippen LogP contribution in [-0.4, -0.2) is 49.8 Å². The molecule has 1 aromatic rings. The molecule has 0 fully saturated rings. The summed E-state index contributed by atoms with van der Waals surface area (Å²) in [5.74, 6) is -2.88. The van der Waals surface area contributed by atoms with E-state index in [1.165, 1.54) is 10.6 Å². The minimum Gasteiger partial charge on any atom is -0.503 e. The Morgan fingerprint density at radius 1 is 1.26 bits per heavy atom. The number of carboxylic acids is 2. The molecule has 0 aromatic carbocycles. The molecule has 0 aliphatic rings. The van der Waals surface area contributed by atoms with E-state index in [1.54, 1.807) is 0 Å². The second kappa shape index (κ2) is 8.33. The molecule has 1 rings (SSSR count). The summed E-state index contributed by atoms with van der Waals surface area (Å²) in [5.41, 5.74) is -0.167. The number of carboxylic acid groups (broad SMARTS) is 2. The van der Waals surface area contributed by atoms with Crippen LogP contribution < -0.4 is 5.43 Å². The maximum absolute atomic E-state index is 11.7. The summed E-state index contributed by atoms with van der Waals surface area (Å²) >= 11 is 0. The van der Waals surface area contributed by atoms with Crippen LogP contribution in [0, 0.1) is 0 Å². The summed E-state index contributed by atoms with van der Waals surface area (Å²) in [6, 6.07) is 0.0350. The van der Waals surface area contributed by atoms with Gasteiger partial charge in [0.1, 0.15) is 6.04 Å². The first kappa shape index (κ1) is 18.7. The van der Waals surface area contributed by atoms with E-state index in [-0.39, 0.29) is 12.8 Å². The summed E-state index contributed by atoms with van der Waals surface area (Å²) < 4.78 is 1.28. The Balaban J connectivity index is 3.28. The average Bonchev–Trinajstić information content (AvgIpc) is 2.48. The van der Waals surface area contributed by atoms with Crippen LogP contribution in [0.5, 0.6) is 5.75 Å². The molecule has 0 saturated carbocycles. The molecule has 8 heteroatoms. The quantitative estimate of drug-likeness (QED) is 0.616. The zero-order chi connectivity index (χ0) is 17.6. The highest BCUT2D eigenvalue weighted by Gasteiger charge is 2.23. The number of carbonyl (C=O) groups is 2. The van der Waals surface area contributed by atoms with Gasteiger partial charge in [0.15, 0.2) is 5.75 Å². The second-order valence-electron chi connectivity index (χ2n) is 5.17. The SMILES string of the molecule is CCN(CC)Cc1cc(=O)c(O)cn1C(CCC(=O)O)C(=O)O. The number of aromatic hydroxyl groups is 1. The summed E-state index contributed by atoms with van der Waals surface area (Å²) in [5, 5.41) is 27.8. The Morgan fingerprint density at radius 2 is 1.87 bits per heavy atom. The van der Waals surface area contributed by atoms with Gasteiger partial charge >= 0.3 is 11.9 Å². The minimum absolute atomic E-state index is 0.141. The number of aliphatic carboxylic acids is 2. The van der Waals surface area contributed by atoms with Gasteiger partial charge in [0, 0.05) is 24.7 Å². The average molecular weight is 326 g/mol. The molecule has 0 saturated heterocycles. The van der Waals surface area contributed by atoms with Gasteiger partial charge in [-0.3, -0.25) is 14.5 Å². The van der Waals surface area contributed by atoms with Gasteiger partial charge in [-0.2, -0.15) is 0 Å². The molecular formula is C15H22N2O6. The maximum atomic E-state index is 11.7. The fourth-order valence-corrected chi connectivity index (χ4v) is 2.31. The Kier molecular flexibility index (Phi) is 6.77. The standard InChI is InChI=1S/C15H22N2O6/c1-3-16(4-2)8-10-7-12(18)13(19)9-17(10)11(15(22)23)5-6-14(20)21/h7,9,11,19H,3-6,8H2,1-2H3,(H,20,21)(H,22,23). The molecule has 0 bridgehead atoms. The van der Waals surface area contributed by atoms with E-state index < -0.39 is 29.2 Å². The molecular weight excluding hydrogens is 304 g/mol. The van der Waals surface area contributed by atoms with Crippen LogP contribution in [0.2, 0.25) is 0 Å². The Labute approximate surface area is 133 Å². The van der Waals surface area contributed by atoms with E-state index in [9.17, 15) is 24.6 Å². The molecule has 23 heavy (non-hydrogen) atoms. The van der Waals surface area contributed by atoms with Gasteiger partial charge in [-0.05, 0) is 19.5 Å². The van der Waals surface area contributed by atoms with Crippen LogP contribution in [0.15, 0.2) is 17.1 Å². The number of aromatic nitrogens is 1. The van der Waals surface area contributed by atoms with E-state index in [1.807, 2.05) is 18.7 Å². The lowest BCUT2D eigenvalue weighted by atomic mass is 10.1. The van der Waals surface area contributed by atoms with Crippen LogP contribution in [0.1, 0.15) is 38.4 Å². The van der Waals surface area contributed by atoms with E-state index in [2.05, 4.69) is 0 Å². The number of rotatable bonds is 9. The Bertz CT molecular complexity index is 621. The number of hydrogen-bond acceptors (Lipinski definition) is 5. The van der Waals surface area contributed by atoms with Crippen molar-refractivity contribution >= 4 is 11.9 Å². The molecule has 0 aliphatic heterocycles. The van der Waals surface area contributed by atoms with Crippen molar-refractivity contribution in [3.05, 3.63) is 28.2 Å². The molecule has 1 aromatic heterocycles. The number of nitrogens with zero attached hydrogens (tertiary/aromatic N) is 2. The van der Waals surface area contributed by atoms with Crippen molar-refractivity contribution in [1.82, 2.24) is 9.47 Å². The summed E-state index contributed by atoms with van der Waals surface area (Å²) in [6.45, 7) is 5.62. The van der Waals surface area contributed by atoms with E-state index in [0.717, 1.165) is 6.20 Å². The molecule has 3 N–H and O–H groups in total. The lowest BCUT2D eigenvalue weighted by Gasteiger charge is -2.24. The first-order valence-electron chi connectivity index (χ1n) is 7.41. The van der Waals surface area contributed by atoms with Crippen molar-refractivity contribution in [3.63, 3.8) is 0 Å². The monoisotopic (exact) mass is 326 g/mol. The van der Waals surface area contributed by atoms with Crippen LogP contribution in [-0.2, 0) is 16.1 Å². The van der Waals surface area contributed by atoms with Gasteiger partial charge in [0.25, 0.3) is 0 Å². The third-order valence-corrected chi connectivity index (χ3v) is 3.68. The van der Waals surface area contributed by atoms with E-state index >= 15 is 0 Å². The van der Waals surface area contributed by atoms with Crippen molar-refractivity contribution in [1.29, 1.82) is 0 Å². The molecule has 8 nitrogen and oxygen atoms in total. The van der Waals surface area contributed by atoms with Crippen LogP contribution >= 0.6 is 0 Å². The molecule has 0 radical (unpaired) electrons. The third kappa shape index (κ3) is 5.10. The number of pyridine rings is 1. The highest BCUT2D eigenvalue weighted by atomic mass is 16.4. The van der Waals surface area contributed by atoms with Crippen LogP contribution in [0.3, 0.4) is 0 Å². The Hall–Kier alpha value is -2.35. The third-order valence-electron chi connectivity index (χ3n) is 3.68. The van der Waals surface area contributed by atoms with Gasteiger partial charge in [-0.25, -0.2) is 4.79 Å². The number of hydrogen-bond donors (Lipinski definition) is 3. The predicted molar refractivity (Wildman–Crippen MR) is 82.5 cm³/mol. The molecule has 128 valence electrons. The summed E-state index contributed by atoms with van der Waals surface area (Å²) in [7, 11) is 0. The molecule has 1 heterocycles. The topological polar surface area (TPSA) is 120 Å². The van der Waals surface area contributed by atoms with Crippen molar-refractivity contribution in [2.45, 2.75) is 39.3 Å².